The molecule has 96 valence electrons. The summed E-state index contributed by atoms with van der Waals surface area (Å²) in [6, 6.07) is 7.10. The van der Waals surface area contributed by atoms with Crippen molar-refractivity contribution in [1.29, 1.82) is 0 Å². The van der Waals surface area contributed by atoms with Gasteiger partial charge in [0.05, 0.1) is 11.7 Å². The number of fused-ring (bicyclic) bond motifs is 1. The van der Waals surface area contributed by atoms with Gasteiger partial charge in [-0.3, -0.25) is 0 Å². The van der Waals surface area contributed by atoms with Gasteiger partial charge in [0.2, 0.25) is 5.95 Å². The maximum absolute atomic E-state index is 11.0. The summed E-state index contributed by atoms with van der Waals surface area (Å²) in [5.74, 6) is -1.02. The number of rotatable bonds is 2. The van der Waals surface area contributed by atoms with Gasteiger partial charge in [0.25, 0.3) is 0 Å². The Bertz CT molecular complexity index is 664. The van der Waals surface area contributed by atoms with Gasteiger partial charge < -0.3 is 15.2 Å². The first-order chi connectivity index (χ1) is 9.15. The molecule has 1 aliphatic rings. The molecule has 2 heterocycles. The Labute approximate surface area is 116 Å². The van der Waals surface area contributed by atoms with Crippen molar-refractivity contribution in [2.45, 2.75) is 6.04 Å². The zero-order valence-corrected chi connectivity index (χ0v) is 11.0. The second-order valence-electron chi connectivity index (χ2n) is 3.94. The van der Waals surface area contributed by atoms with Crippen molar-refractivity contribution < 1.29 is 9.90 Å². The minimum absolute atomic E-state index is 0.0461. The number of hydrogen-bond donors (Lipinski definition) is 1. The fourth-order valence-electron chi connectivity index (χ4n) is 1.87. The molecule has 3 rings (SSSR count). The summed E-state index contributed by atoms with van der Waals surface area (Å²) >= 11 is 3.35. The molecule has 8 heteroatoms. The summed E-state index contributed by atoms with van der Waals surface area (Å²) in [4.78, 5) is 11.0. The van der Waals surface area contributed by atoms with E-state index in [1.807, 2.05) is 24.3 Å². The third-order valence-electron chi connectivity index (χ3n) is 2.76. The number of benzene rings is 1. The zero-order valence-electron chi connectivity index (χ0n) is 9.45. The molecule has 1 atom stereocenters. The molecule has 0 spiro atoms. The van der Waals surface area contributed by atoms with Gasteiger partial charge in [-0.05, 0) is 34.2 Å². The van der Waals surface area contributed by atoms with Gasteiger partial charge in [0.1, 0.15) is 6.04 Å². The van der Waals surface area contributed by atoms with Crippen molar-refractivity contribution in [2.24, 2.45) is 0 Å². The summed E-state index contributed by atoms with van der Waals surface area (Å²) in [6.07, 6.45) is 1.52. The number of aliphatic carboxylic acids is 1. The number of carboxylic acid groups (broad SMARTS) is 1. The SMILES string of the molecule is O=C([O-])C1=C[C@H](c2ccc(Br)cc2)n2nnnc2N1. The molecule has 0 fully saturated rings. The third kappa shape index (κ3) is 2.10. The molecule has 0 aliphatic carbocycles. The largest absolute Gasteiger partial charge is 0.543 e. The number of aromatic nitrogens is 4. The summed E-state index contributed by atoms with van der Waals surface area (Å²) < 4.78 is 2.45. The molecular weight excluding hydrogens is 314 g/mol. The Balaban J connectivity index is 2.09. The average Bonchev–Trinajstić information content (AvgIpc) is 2.86. The van der Waals surface area contributed by atoms with Crippen LogP contribution in [0.25, 0.3) is 0 Å². The predicted molar refractivity (Wildman–Crippen MR) is 66.8 cm³/mol. The lowest BCUT2D eigenvalue weighted by atomic mass is 10.0. The predicted octanol–water partition coefficient (Wildman–Crippen LogP) is 0.0843. The molecule has 1 aromatic carbocycles. The topological polar surface area (TPSA) is 95.8 Å². The maximum atomic E-state index is 11.0. The molecule has 1 aromatic heterocycles. The zero-order chi connectivity index (χ0) is 13.4. The monoisotopic (exact) mass is 320 g/mol. The molecule has 1 aliphatic heterocycles. The van der Waals surface area contributed by atoms with E-state index >= 15 is 0 Å². The maximum Gasteiger partial charge on any atom is 0.248 e. The van der Waals surface area contributed by atoms with E-state index in [1.165, 1.54) is 10.8 Å². The van der Waals surface area contributed by atoms with Gasteiger partial charge in [-0.25, -0.2) is 0 Å². The Morgan fingerprint density at radius 2 is 2.11 bits per heavy atom. The number of allylic oxidation sites excluding steroid dienone is 1. The molecule has 7 nitrogen and oxygen atoms in total. The lowest BCUT2D eigenvalue weighted by molar-refractivity contribution is -0.299. The summed E-state index contributed by atoms with van der Waals surface area (Å²) in [5.41, 5.74) is 0.826. The van der Waals surface area contributed by atoms with E-state index in [0.717, 1.165) is 10.0 Å². The molecule has 0 saturated heterocycles. The van der Waals surface area contributed by atoms with E-state index in [4.69, 9.17) is 0 Å². The smallest absolute Gasteiger partial charge is 0.248 e. The van der Waals surface area contributed by atoms with Gasteiger partial charge in [-0.1, -0.05) is 33.2 Å². The molecular formula is C11H7BrN5O2-. The minimum atomic E-state index is -1.30. The van der Waals surface area contributed by atoms with Crippen molar-refractivity contribution in [3.63, 3.8) is 0 Å². The quantitative estimate of drug-likeness (QED) is 0.842. The van der Waals surface area contributed by atoms with Gasteiger partial charge >= 0.3 is 0 Å². The first kappa shape index (κ1) is 11.8. The molecule has 0 unspecified atom stereocenters. The first-order valence-corrected chi connectivity index (χ1v) is 6.18. The highest BCUT2D eigenvalue weighted by Gasteiger charge is 2.23. The lowest BCUT2D eigenvalue weighted by Crippen LogP contribution is -2.32. The molecule has 0 bridgehead atoms. The number of nitrogens with one attached hydrogen (secondary N) is 1. The molecule has 0 saturated carbocycles. The number of carboxylic acids is 1. The number of tetrazole rings is 1. The number of carbonyl (C=O) groups excluding carboxylic acids is 1. The van der Waals surface area contributed by atoms with Crippen molar-refractivity contribution in [3.05, 3.63) is 46.1 Å². The standard InChI is InChI=1S/C11H8BrN5O2/c12-7-3-1-6(2-4-7)9-5-8(10(18)19)13-11-14-15-16-17(9)11/h1-5,9H,(H,18,19)(H,13,14,16)/p-1/t9-/m1/s1. The van der Waals surface area contributed by atoms with Crippen LogP contribution >= 0.6 is 15.9 Å². The fraction of sp³-hybridized carbons (Fsp3) is 0.0909. The Hall–Kier alpha value is -2.22. The van der Waals surface area contributed by atoms with Crippen LogP contribution in [0.4, 0.5) is 5.95 Å². The van der Waals surface area contributed by atoms with Gasteiger partial charge in [0.15, 0.2) is 0 Å². The number of nitrogens with zero attached hydrogens (tertiary/aromatic N) is 4. The highest BCUT2D eigenvalue weighted by atomic mass is 79.9. The van der Waals surface area contributed by atoms with E-state index in [9.17, 15) is 9.90 Å². The van der Waals surface area contributed by atoms with E-state index < -0.39 is 5.97 Å². The molecule has 1 N–H and O–H groups in total. The van der Waals surface area contributed by atoms with Crippen LogP contribution in [-0.2, 0) is 4.79 Å². The van der Waals surface area contributed by atoms with Crippen LogP contribution < -0.4 is 10.4 Å². The van der Waals surface area contributed by atoms with Crippen molar-refractivity contribution in [2.75, 3.05) is 5.32 Å². The number of halogens is 1. The van der Waals surface area contributed by atoms with E-state index in [-0.39, 0.29) is 17.7 Å². The summed E-state index contributed by atoms with van der Waals surface area (Å²) in [6.45, 7) is 0. The van der Waals surface area contributed by atoms with Crippen LogP contribution in [-0.4, -0.2) is 26.2 Å². The first-order valence-electron chi connectivity index (χ1n) is 5.38. The molecule has 2 aromatic rings. The minimum Gasteiger partial charge on any atom is -0.543 e. The highest BCUT2D eigenvalue weighted by Crippen LogP contribution is 2.28. The Morgan fingerprint density at radius 3 is 2.79 bits per heavy atom. The third-order valence-corrected chi connectivity index (χ3v) is 3.29. The number of anilines is 1. The van der Waals surface area contributed by atoms with Crippen LogP contribution in [0.15, 0.2) is 40.5 Å². The number of carbonyl (C=O) groups is 1. The van der Waals surface area contributed by atoms with Crippen molar-refractivity contribution >= 4 is 27.8 Å². The molecule has 19 heavy (non-hydrogen) atoms. The molecule has 0 radical (unpaired) electrons. The highest BCUT2D eigenvalue weighted by molar-refractivity contribution is 9.10. The summed E-state index contributed by atoms with van der Waals surface area (Å²) in [5, 5.41) is 24.7. The normalized spacial score (nSPS) is 17.3. The van der Waals surface area contributed by atoms with Crippen molar-refractivity contribution in [3.8, 4) is 0 Å². The van der Waals surface area contributed by atoms with E-state index in [1.54, 1.807) is 0 Å². The second kappa shape index (κ2) is 4.47. The fourth-order valence-corrected chi connectivity index (χ4v) is 2.13. The van der Waals surface area contributed by atoms with Crippen LogP contribution in [0.2, 0.25) is 0 Å². The van der Waals surface area contributed by atoms with E-state index in [0.29, 0.717) is 0 Å². The number of hydrogen-bond acceptors (Lipinski definition) is 6. The lowest BCUT2D eigenvalue weighted by Gasteiger charge is -2.23. The summed E-state index contributed by atoms with van der Waals surface area (Å²) in [7, 11) is 0. The average molecular weight is 321 g/mol. The van der Waals surface area contributed by atoms with Gasteiger partial charge in [-0.15, -0.1) is 0 Å². The van der Waals surface area contributed by atoms with E-state index in [2.05, 4.69) is 36.8 Å². The molecule has 0 amide bonds. The van der Waals surface area contributed by atoms with Crippen LogP contribution in [0, 0.1) is 0 Å². The van der Waals surface area contributed by atoms with Crippen LogP contribution in [0.3, 0.4) is 0 Å². The van der Waals surface area contributed by atoms with Crippen LogP contribution in [0.1, 0.15) is 11.6 Å². The second-order valence-corrected chi connectivity index (χ2v) is 4.85. The van der Waals surface area contributed by atoms with Gasteiger partial charge in [-0.2, -0.15) is 4.68 Å². The van der Waals surface area contributed by atoms with Crippen LogP contribution in [0.5, 0.6) is 0 Å². The van der Waals surface area contributed by atoms with Crippen molar-refractivity contribution in [1.82, 2.24) is 20.2 Å². The van der Waals surface area contributed by atoms with Gasteiger partial charge in [0, 0.05) is 4.47 Å². The Morgan fingerprint density at radius 1 is 1.37 bits per heavy atom. The Kier molecular flexibility index (Phi) is 2.79.